The van der Waals surface area contributed by atoms with Gasteiger partial charge in [0.25, 0.3) is 0 Å². The standard InChI is InChI=1S/C13H16N2O2/c1-10-5-6-12(9-11(10)2)17-13(16)15(3)8-4-7-14/h5-6,9H,4,8H2,1-3H3. The molecule has 4 heteroatoms. The lowest BCUT2D eigenvalue weighted by atomic mass is 10.1. The van der Waals surface area contributed by atoms with Crippen LogP contribution in [0.25, 0.3) is 0 Å². The van der Waals surface area contributed by atoms with E-state index in [1.165, 1.54) is 4.90 Å². The first-order valence-electron chi connectivity index (χ1n) is 5.41. The van der Waals surface area contributed by atoms with Gasteiger partial charge in [0.1, 0.15) is 5.75 Å². The Balaban J connectivity index is 2.62. The van der Waals surface area contributed by atoms with Crippen molar-refractivity contribution in [2.75, 3.05) is 13.6 Å². The summed E-state index contributed by atoms with van der Waals surface area (Å²) in [5, 5.41) is 8.42. The van der Waals surface area contributed by atoms with Gasteiger partial charge in [-0.05, 0) is 37.1 Å². The fraction of sp³-hybridized carbons (Fsp3) is 0.385. The van der Waals surface area contributed by atoms with E-state index in [1.54, 1.807) is 13.1 Å². The maximum absolute atomic E-state index is 11.6. The van der Waals surface area contributed by atoms with E-state index in [-0.39, 0.29) is 0 Å². The van der Waals surface area contributed by atoms with Crippen molar-refractivity contribution < 1.29 is 9.53 Å². The molecule has 0 bridgehead atoms. The van der Waals surface area contributed by atoms with Gasteiger partial charge in [-0.25, -0.2) is 4.79 Å². The van der Waals surface area contributed by atoms with Crippen LogP contribution < -0.4 is 4.74 Å². The zero-order valence-electron chi connectivity index (χ0n) is 10.4. The minimum Gasteiger partial charge on any atom is -0.410 e. The predicted octanol–water partition coefficient (Wildman–Crippen LogP) is 2.65. The lowest BCUT2D eigenvalue weighted by Gasteiger charge is -2.15. The van der Waals surface area contributed by atoms with Crippen LogP contribution in [0.5, 0.6) is 5.75 Å². The van der Waals surface area contributed by atoms with Crippen molar-refractivity contribution in [1.82, 2.24) is 4.90 Å². The number of rotatable bonds is 3. The van der Waals surface area contributed by atoms with Crippen LogP contribution in [0.15, 0.2) is 18.2 Å². The van der Waals surface area contributed by atoms with Crippen LogP contribution in [0.3, 0.4) is 0 Å². The number of carbonyl (C=O) groups excluding carboxylic acids is 1. The summed E-state index contributed by atoms with van der Waals surface area (Å²) in [7, 11) is 1.61. The molecule has 0 spiro atoms. The Bertz CT molecular complexity index is 449. The topological polar surface area (TPSA) is 53.3 Å². The molecule has 1 aromatic carbocycles. The second-order valence-corrected chi connectivity index (χ2v) is 3.94. The molecule has 0 aliphatic rings. The second-order valence-electron chi connectivity index (χ2n) is 3.94. The maximum atomic E-state index is 11.6. The first-order valence-corrected chi connectivity index (χ1v) is 5.41. The zero-order valence-corrected chi connectivity index (χ0v) is 10.4. The number of hydrogen-bond donors (Lipinski definition) is 0. The van der Waals surface area contributed by atoms with Crippen molar-refractivity contribution in [1.29, 1.82) is 5.26 Å². The molecule has 0 N–H and O–H groups in total. The van der Waals surface area contributed by atoms with E-state index >= 15 is 0 Å². The molecule has 1 aromatic rings. The number of amides is 1. The molecule has 0 heterocycles. The van der Waals surface area contributed by atoms with Crippen LogP contribution in [0, 0.1) is 25.2 Å². The number of aryl methyl sites for hydroxylation is 2. The minimum atomic E-state index is -0.441. The van der Waals surface area contributed by atoms with E-state index < -0.39 is 6.09 Å². The highest BCUT2D eigenvalue weighted by Crippen LogP contribution is 2.17. The summed E-state index contributed by atoms with van der Waals surface area (Å²) < 4.78 is 5.19. The third-order valence-corrected chi connectivity index (χ3v) is 2.55. The summed E-state index contributed by atoms with van der Waals surface area (Å²) in [6.07, 6.45) is -0.137. The smallest absolute Gasteiger partial charge is 0.410 e. The van der Waals surface area contributed by atoms with Gasteiger partial charge >= 0.3 is 6.09 Å². The van der Waals surface area contributed by atoms with Crippen molar-refractivity contribution in [3.8, 4) is 11.8 Å². The number of nitriles is 1. The first kappa shape index (κ1) is 13.0. The molecule has 1 rings (SSSR count). The van der Waals surface area contributed by atoms with Gasteiger partial charge in [0.2, 0.25) is 0 Å². The van der Waals surface area contributed by atoms with Gasteiger partial charge in [-0.1, -0.05) is 6.07 Å². The lowest BCUT2D eigenvalue weighted by Crippen LogP contribution is -2.30. The van der Waals surface area contributed by atoms with Gasteiger partial charge in [0.15, 0.2) is 0 Å². The molecule has 0 fully saturated rings. The van der Waals surface area contributed by atoms with Gasteiger partial charge < -0.3 is 9.64 Å². The predicted molar refractivity (Wildman–Crippen MR) is 64.8 cm³/mol. The van der Waals surface area contributed by atoms with Gasteiger partial charge in [0, 0.05) is 13.6 Å². The van der Waals surface area contributed by atoms with E-state index in [2.05, 4.69) is 0 Å². The fourth-order valence-electron chi connectivity index (χ4n) is 1.27. The van der Waals surface area contributed by atoms with Crippen LogP contribution >= 0.6 is 0 Å². The van der Waals surface area contributed by atoms with Crippen molar-refractivity contribution in [2.24, 2.45) is 0 Å². The van der Waals surface area contributed by atoms with Gasteiger partial charge in [0.05, 0.1) is 12.5 Å². The first-order chi connectivity index (χ1) is 8.04. The van der Waals surface area contributed by atoms with Crippen molar-refractivity contribution in [2.45, 2.75) is 20.3 Å². The number of ether oxygens (including phenoxy) is 1. The molecule has 0 aliphatic heterocycles. The highest BCUT2D eigenvalue weighted by molar-refractivity contribution is 5.70. The van der Waals surface area contributed by atoms with E-state index in [0.717, 1.165) is 11.1 Å². The molecule has 0 unspecified atom stereocenters. The van der Waals surface area contributed by atoms with Crippen molar-refractivity contribution >= 4 is 6.09 Å². The molecule has 0 aliphatic carbocycles. The van der Waals surface area contributed by atoms with Crippen LogP contribution in [-0.4, -0.2) is 24.6 Å². The van der Waals surface area contributed by atoms with Crippen LogP contribution in [0.4, 0.5) is 4.79 Å². The van der Waals surface area contributed by atoms with E-state index in [4.69, 9.17) is 10.00 Å². The Kier molecular flexibility index (Phi) is 4.53. The molecule has 0 aromatic heterocycles. The number of nitrogens with zero attached hydrogens (tertiary/aromatic N) is 2. The van der Waals surface area contributed by atoms with Gasteiger partial charge in [-0.2, -0.15) is 5.26 Å². The molecule has 90 valence electrons. The summed E-state index contributed by atoms with van der Waals surface area (Å²) in [6.45, 7) is 4.34. The highest BCUT2D eigenvalue weighted by Gasteiger charge is 2.10. The Hall–Kier alpha value is -2.02. The van der Waals surface area contributed by atoms with Crippen molar-refractivity contribution in [3.63, 3.8) is 0 Å². The molecule has 0 saturated carbocycles. The Morgan fingerprint density at radius 1 is 1.41 bits per heavy atom. The van der Waals surface area contributed by atoms with E-state index in [0.29, 0.717) is 18.7 Å². The average Bonchev–Trinajstić information content (AvgIpc) is 2.30. The van der Waals surface area contributed by atoms with Crippen molar-refractivity contribution in [3.05, 3.63) is 29.3 Å². The van der Waals surface area contributed by atoms with Crippen LogP contribution in [-0.2, 0) is 0 Å². The third-order valence-electron chi connectivity index (χ3n) is 2.55. The SMILES string of the molecule is Cc1ccc(OC(=O)N(C)CCC#N)cc1C. The minimum absolute atomic E-state index is 0.304. The molecule has 17 heavy (non-hydrogen) atoms. The summed E-state index contributed by atoms with van der Waals surface area (Å²) in [5.74, 6) is 0.530. The molecule has 0 radical (unpaired) electrons. The molecule has 0 saturated heterocycles. The number of benzene rings is 1. The quantitative estimate of drug-likeness (QED) is 0.805. The number of hydrogen-bond acceptors (Lipinski definition) is 3. The average molecular weight is 232 g/mol. The van der Waals surface area contributed by atoms with Crippen LogP contribution in [0.2, 0.25) is 0 Å². The third kappa shape index (κ3) is 3.80. The second kappa shape index (κ2) is 5.90. The molecular formula is C13H16N2O2. The normalized spacial score (nSPS) is 9.53. The molecule has 4 nitrogen and oxygen atoms in total. The molecule has 1 amide bonds. The van der Waals surface area contributed by atoms with Gasteiger partial charge in [-0.15, -0.1) is 0 Å². The molecule has 0 atom stereocenters. The summed E-state index contributed by atoms with van der Waals surface area (Å²) >= 11 is 0. The maximum Gasteiger partial charge on any atom is 0.414 e. The largest absolute Gasteiger partial charge is 0.414 e. The monoisotopic (exact) mass is 232 g/mol. The summed E-state index contributed by atoms with van der Waals surface area (Å²) in [5.41, 5.74) is 2.23. The fourth-order valence-corrected chi connectivity index (χ4v) is 1.27. The number of carbonyl (C=O) groups is 1. The highest BCUT2D eigenvalue weighted by atomic mass is 16.6. The van der Waals surface area contributed by atoms with E-state index in [9.17, 15) is 4.79 Å². The van der Waals surface area contributed by atoms with Crippen LogP contribution in [0.1, 0.15) is 17.5 Å². The summed E-state index contributed by atoms with van der Waals surface area (Å²) in [4.78, 5) is 13.0. The Morgan fingerprint density at radius 3 is 2.71 bits per heavy atom. The Labute approximate surface area is 101 Å². The molecular weight excluding hydrogens is 216 g/mol. The zero-order chi connectivity index (χ0) is 12.8. The lowest BCUT2D eigenvalue weighted by molar-refractivity contribution is 0.164. The summed E-state index contributed by atoms with van der Waals surface area (Å²) in [6, 6.07) is 7.48. The van der Waals surface area contributed by atoms with Gasteiger partial charge in [-0.3, -0.25) is 0 Å². The van der Waals surface area contributed by atoms with E-state index in [1.807, 2.05) is 32.0 Å². The Morgan fingerprint density at radius 2 is 2.12 bits per heavy atom.